The zero-order valence-electron chi connectivity index (χ0n) is 5.46. The molecule has 0 aliphatic heterocycles. The maximum absolute atomic E-state index is 8.92. The Morgan fingerprint density at radius 2 is 1.78 bits per heavy atom. The van der Waals surface area contributed by atoms with Gasteiger partial charge in [0.1, 0.15) is 5.75 Å². The summed E-state index contributed by atoms with van der Waals surface area (Å²) in [6.45, 7) is 1.87. The first-order valence-corrected chi connectivity index (χ1v) is 2.55. The van der Waals surface area contributed by atoms with Crippen LogP contribution < -0.4 is 0 Å². The van der Waals surface area contributed by atoms with E-state index in [2.05, 4.69) is 0 Å². The van der Waals surface area contributed by atoms with Crippen LogP contribution in [0.3, 0.4) is 0 Å². The molecule has 0 radical (unpaired) electrons. The van der Waals surface area contributed by atoms with Crippen LogP contribution in [0, 0.1) is 6.92 Å². The number of phenolic OH excluding ortho intramolecular Hbond substituents is 1. The number of aryl methyl sites for hydroxylation is 1. The van der Waals surface area contributed by atoms with E-state index in [1.165, 1.54) is 0 Å². The number of benzene rings is 1. The molecule has 44 valence electrons. The van der Waals surface area contributed by atoms with E-state index >= 15 is 0 Å². The maximum Gasteiger partial charge on any atom is 0.118 e. The summed E-state index contributed by atoms with van der Waals surface area (Å²) >= 11 is 0. The van der Waals surface area contributed by atoms with Crippen molar-refractivity contribution in [1.82, 2.24) is 0 Å². The van der Waals surface area contributed by atoms with Gasteiger partial charge in [0, 0.05) is 19.5 Å². The molecule has 1 aromatic rings. The van der Waals surface area contributed by atoms with E-state index in [9.17, 15) is 0 Å². The summed E-state index contributed by atoms with van der Waals surface area (Å²) in [5.74, 6) is 0.368. The Bertz CT molecular complexity index is 165. The van der Waals surface area contributed by atoms with Gasteiger partial charge in [0.25, 0.3) is 0 Å². The second kappa shape index (κ2) is 3.63. The van der Waals surface area contributed by atoms with E-state index in [1.807, 2.05) is 25.1 Å². The number of hydrogen-bond donors (Lipinski definition) is 1. The van der Waals surface area contributed by atoms with Crippen molar-refractivity contribution in [2.24, 2.45) is 0 Å². The predicted molar refractivity (Wildman–Crippen MR) is 32.8 cm³/mol. The monoisotopic (exact) mass is 172 g/mol. The summed E-state index contributed by atoms with van der Waals surface area (Å²) in [4.78, 5) is 0. The summed E-state index contributed by atoms with van der Waals surface area (Å²) < 4.78 is 0. The number of phenols is 1. The Hall–Kier alpha value is -0.357. The van der Waals surface area contributed by atoms with Crippen molar-refractivity contribution in [3.63, 3.8) is 0 Å². The quantitative estimate of drug-likeness (QED) is 0.592. The number of para-hydroxylation sites is 1. The van der Waals surface area contributed by atoms with Crippen molar-refractivity contribution in [2.45, 2.75) is 6.92 Å². The molecule has 0 spiro atoms. The van der Waals surface area contributed by atoms with Crippen molar-refractivity contribution in [3.8, 4) is 5.75 Å². The molecule has 1 N–H and O–H groups in total. The van der Waals surface area contributed by atoms with E-state index in [0.717, 1.165) is 5.56 Å². The molecule has 0 heterocycles. The molecular weight excluding hydrogens is 165 g/mol. The first-order valence-electron chi connectivity index (χ1n) is 2.55. The zero-order chi connectivity index (χ0) is 5.98. The Morgan fingerprint density at radius 3 is 2.11 bits per heavy atom. The first kappa shape index (κ1) is 8.64. The number of aromatic hydroxyl groups is 1. The van der Waals surface area contributed by atoms with Gasteiger partial charge in [-0.05, 0) is 18.6 Å². The van der Waals surface area contributed by atoms with Crippen molar-refractivity contribution >= 4 is 0 Å². The number of rotatable bonds is 0. The normalized spacial score (nSPS) is 8.11. The van der Waals surface area contributed by atoms with Crippen molar-refractivity contribution in [2.75, 3.05) is 0 Å². The Kier molecular flexibility index (Phi) is 3.48. The van der Waals surface area contributed by atoms with Crippen LogP contribution in [-0.4, -0.2) is 5.11 Å². The molecule has 0 saturated carbocycles. The van der Waals surface area contributed by atoms with Crippen molar-refractivity contribution < 1.29 is 24.6 Å². The van der Waals surface area contributed by atoms with E-state index < -0.39 is 0 Å². The largest absolute Gasteiger partial charge is 0.508 e. The van der Waals surface area contributed by atoms with Crippen LogP contribution in [0.2, 0.25) is 0 Å². The standard InChI is InChI=1S/C7H8O.Zn/c1-6-4-2-3-5-7(6)8;/h2-5,8H,1H3;. The molecule has 1 aromatic carbocycles. The molecule has 0 atom stereocenters. The van der Waals surface area contributed by atoms with Gasteiger partial charge in [0.05, 0.1) is 0 Å². The van der Waals surface area contributed by atoms with Gasteiger partial charge >= 0.3 is 0 Å². The van der Waals surface area contributed by atoms with Gasteiger partial charge in [-0.2, -0.15) is 0 Å². The second-order valence-corrected chi connectivity index (χ2v) is 1.79. The Morgan fingerprint density at radius 1 is 1.22 bits per heavy atom. The Balaban J connectivity index is 0.000000640. The number of hydrogen-bond acceptors (Lipinski definition) is 1. The zero-order valence-corrected chi connectivity index (χ0v) is 8.43. The molecule has 0 saturated heterocycles. The summed E-state index contributed by atoms with van der Waals surface area (Å²) in [5.41, 5.74) is 0.924. The molecule has 0 fully saturated rings. The van der Waals surface area contributed by atoms with E-state index in [-0.39, 0.29) is 19.5 Å². The van der Waals surface area contributed by atoms with Crippen molar-refractivity contribution in [3.05, 3.63) is 29.8 Å². The minimum atomic E-state index is 0. The molecule has 0 amide bonds. The molecule has 0 aliphatic carbocycles. The predicted octanol–water partition coefficient (Wildman–Crippen LogP) is 1.70. The minimum Gasteiger partial charge on any atom is -0.508 e. The third-order valence-corrected chi connectivity index (χ3v) is 1.12. The summed E-state index contributed by atoms with van der Waals surface area (Å²) in [5, 5.41) is 8.92. The molecule has 1 rings (SSSR count). The van der Waals surface area contributed by atoms with Crippen LogP contribution in [0.5, 0.6) is 5.75 Å². The van der Waals surface area contributed by atoms with E-state index in [4.69, 9.17) is 5.11 Å². The van der Waals surface area contributed by atoms with Gasteiger partial charge in [0.15, 0.2) is 0 Å². The molecular formula is C7H8OZn. The Labute approximate surface area is 67.5 Å². The van der Waals surface area contributed by atoms with Crippen LogP contribution >= 0.6 is 0 Å². The molecule has 9 heavy (non-hydrogen) atoms. The molecule has 2 heteroatoms. The second-order valence-electron chi connectivity index (χ2n) is 1.79. The molecule has 0 bridgehead atoms. The fourth-order valence-electron chi connectivity index (χ4n) is 0.563. The first-order chi connectivity index (χ1) is 3.80. The third-order valence-electron chi connectivity index (χ3n) is 1.12. The smallest absolute Gasteiger partial charge is 0.118 e. The van der Waals surface area contributed by atoms with Crippen LogP contribution in [0.25, 0.3) is 0 Å². The topological polar surface area (TPSA) is 20.2 Å². The van der Waals surface area contributed by atoms with Gasteiger partial charge in [-0.15, -0.1) is 0 Å². The van der Waals surface area contributed by atoms with Crippen molar-refractivity contribution in [1.29, 1.82) is 0 Å². The molecule has 0 unspecified atom stereocenters. The van der Waals surface area contributed by atoms with Crippen LogP contribution in [0.1, 0.15) is 5.56 Å². The van der Waals surface area contributed by atoms with Crippen LogP contribution in [0.15, 0.2) is 24.3 Å². The van der Waals surface area contributed by atoms with Gasteiger partial charge in [-0.25, -0.2) is 0 Å². The van der Waals surface area contributed by atoms with Gasteiger partial charge in [0.2, 0.25) is 0 Å². The SMILES string of the molecule is Cc1ccccc1O.[Zn]. The van der Waals surface area contributed by atoms with Gasteiger partial charge in [-0.1, -0.05) is 18.2 Å². The molecule has 0 aliphatic rings. The fourth-order valence-corrected chi connectivity index (χ4v) is 0.563. The van der Waals surface area contributed by atoms with E-state index in [0.29, 0.717) is 5.75 Å². The summed E-state index contributed by atoms with van der Waals surface area (Å²) in [6.07, 6.45) is 0. The van der Waals surface area contributed by atoms with Gasteiger partial charge < -0.3 is 5.11 Å². The average molecular weight is 174 g/mol. The van der Waals surface area contributed by atoms with Gasteiger partial charge in [-0.3, -0.25) is 0 Å². The summed E-state index contributed by atoms with van der Waals surface area (Å²) in [7, 11) is 0. The third kappa shape index (κ3) is 2.15. The maximum atomic E-state index is 8.92. The fraction of sp³-hybridized carbons (Fsp3) is 0.143. The summed E-state index contributed by atoms with van der Waals surface area (Å²) in [6, 6.07) is 7.25. The van der Waals surface area contributed by atoms with Crippen LogP contribution in [0.4, 0.5) is 0 Å². The molecule has 1 nitrogen and oxygen atoms in total. The van der Waals surface area contributed by atoms with E-state index in [1.54, 1.807) is 6.07 Å². The van der Waals surface area contributed by atoms with Crippen LogP contribution in [-0.2, 0) is 19.5 Å². The minimum absolute atomic E-state index is 0. The molecule has 0 aromatic heterocycles. The average Bonchev–Trinajstić information content (AvgIpc) is 1.77.